The monoisotopic (exact) mass is 360 g/mol. The Balaban J connectivity index is 1.27. The third-order valence-electron chi connectivity index (χ3n) is 6.33. The number of hydrogen-bond donors (Lipinski definition) is 2. The molecule has 4 bridgehead atoms. The highest BCUT2D eigenvalue weighted by molar-refractivity contribution is 6.33. The summed E-state index contributed by atoms with van der Waals surface area (Å²) in [7, 11) is 0. The van der Waals surface area contributed by atoms with Crippen molar-refractivity contribution in [3.05, 3.63) is 34.9 Å². The van der Waals surface area contributed by atoms with Crippen LogP contribution in [0.25, 0.3) is 0 Å². The van der Waals surface area contributed by atoms with Crippen LogP contribution in [0.4, 0.5) is 0 Å². The molecule has 5 heteroatoms. The number of carbonyl (C=O) groups is 2. The van der Waals surface area contributed by atoms with Gasteiger partial charge in [0.25, 0.3) is 5.91 Å². The van der Waals surface area contributed by atoms with Crippen molar-refractivity contribution in [1.82, 2.24) is 10.6 Å². The lowest BCUT2D eigenvalue weighted by Crippen LogP contribution is -2.54. The summed E-state index contributed by atoms with van der Waals surface area (Å²) in [5.41, 5.74) is 0.346. The second-order valence-electron chi connectivity index (χ2n) is 8.19. The van der Waals surface area contributed by atoms with Crippen molar-refractivity contribution in [1.29, 1.82) is 0 Å². The highest BCUT2D eigenvalue weighted by atomic mass is 35.5. The Hall–Kier alpha value is -1.55. The Kier molecular flexibility index (Phi) is 4.48. The first-order chi connectivity index (χ1) is 12.1. The molecule has 0 spiro atoms. The van der Waals surface area contributed by atoms with Crippen LogP contribution in [0.3, 0.4) is 0 Å². The summed E-state index contributed by atoms with van der Waals surface area (Å²) < 4.78 is 0. The first kappa shape index (κ1) is 16.9. The summed E-state index contributed by atoms with van der Waals surface area (Å²) >= 11 is 6.03. The number of halogens is 1. The molecule has 0 radical (unpaired) electrons. The summed E-state index contributed by atoms with van der Waals surface area (Å²) in [6.07, 6.45) is 7.20. The predicted octanol–water partition coefficient (Wildman–Crippen LogP) is 3.40. The van der Waals surface area contributed by atoms with E-state index in [0.717, 1.165) is 37.0 Å². The van der Waals surface area contributed by atoms with Crippen LogP contribution < -0.4 is 10.6 Å². The van der Waals surface area contributed by atoms with E-state index in [1.165, 1.54) is 19.3 Å². The first-order valence-corrected chi connectivity index (χ1v) is 9.74. The molecule has 1 aromatic carbocycles. The van der Waals surface area contributed by atoms with Crippen LogP contribution in [-0.4, -0.2) is 24.9 Å². The molecule has 0 atom stereocenters. The summed E-state index contributed by atoms with van der Waals surface area (Å²) in [4.78, 5) is 24.9. The van der Waals surface area contributed by atoms with Crippen molar-refractivity contribution < 1.29 is 9.59 Å². The van der Waals surface area contributed by atoms with Gasteiger partial charge in [0, 0.05) is 18.5 Å². The maximum Gasteiger partial charge on any atom is 0.252 e. The Morgan fingerprint density at radius 3 is 2.12 bits per heavy atom. The molecule has 5 rings (SSSR count). The predicted molar refractivity (Wildman–Crippen MR) is 97.4 cm³/mol. The summed E-state index contributed by atoms with van der Waals surface area (Å²) in [5.74, 6) is 2.29. The molecule has 0 unspecified atom stereocenters. The van der Waals surface area contributed by atoms with Gasteiger partial charge in [-0.3, -0.25) is 9.59 Å². The number of benzene rings is 1. The zero-order valence-electron chi connectivity index (χ0n) is 14.4. The average molecular weight is 361 g/mol. The van der Waals surface area contributed by atoms with Crippen molar-refractivity contribution in [2.75, 3.05) is 13.1 Å². The molecule has 2 amide bonds. The van der Waals surface area contributed by atoms with Gasteiger partial charge in [-0.25, -0.2) is 0 Å². The SMILES string of the molecule is O=C(NCCNC(=O)C12CC3CC(CC(C3)C1)C2)c1ccccc1Cl. The Labute approximate surface area is 153 Å². The second-order valence-corrected chi connectivity index (χ2v) is 8.60. The van der Waals surface area contributed by atoms with E-state index in [-0.39, 0.29) is 17.2 Å². The fraction of sp³-hybridized carbons (Fsp3) is 0.600. The van der Waals surface area contributed by atoms with Gasteiger partial charge in [-0.2, -0.15) is 0 Å². The van der Waals surface area contributed by atoms with Gasteiger partial charge in [-0.05, 0) is 68.4 Å². The van der Waals surface area contributed by atoms with Gasteiger partial charge in [0.05, 0.1) is 10.6 Å². The van der Waals surface area contributed by atoms with Gasteiger partial charge in [-0.15, -0.1) is 0 Å². The number of rotatable bonds is 5. The lowest BCUT2D eigenvalue weighted by Gasteiger charge is -2.55. The van der Waals surface area contributed by atoms with Crippen molar-refractivity contribution in [3.63, 3.8) is 0 Å². The largest absolute Gasteiger partial charge is 0.354 e. The molecule has 2 N–H and O–H groups in total. The fourth-order valence-electron chi connectivity index (χ4n) is 5.67. The summed E-state index contributed by atoms with van der Waals surface area (Å²) in [6.45, 7) is 0.888. The van der Waals surface area contributed by atoms with Crippen molar-refractivity contribution in [2.45, 2.75) is 38.5 Å². The van der Waals surface area contributed by atoms with E-state index >= 15 is 0 Å². The minimum absolute atomic E-state index is 0.124. The average Bonchev–Trinajstić information content (AvgIpc) is 2.57. The van der Waals surface area contributed by atoms with Crippen LogP contribution in [0, 0.1) is 23.2 Å². The molecule has 4 nitrogen and oxygen atoms in total. The topological polar surface area (TPSA) is 58.2 Å². The smallest absolute Gasteiger partial charge is 0.252 e. The van der Waals surface area contributed by atoms with E-state index in [1.807, 2.05) is 0 Å². The number of hydrogen-bond acceptors (Lipinski definition) is 2. The van der Waals surface area contributed by atoms with Crippen LogP contribution in [0.2, 0.25) is 5.02 Å². The molecule has 0 saturated heterocycles. The lowest BCUT2D eigenvalue weighted by molar-refractivity contribution is -0.146. The van der Waals surface area contributed by atoms with Gasteiger partial charge in [0.15, 0.2) is 0 Å². The Morgan fingerprint density at radius 2 is 1.52 bits per heavy atom. The maximum absolute atomic E-state index is 12.8. The van der Waals surface area contributed by atoms with Crippen molar-refractivity contribution >= 4 is 23.4 Å². The third-order valence-corrected chi connectivity index (χ3v) is 6.66. The lowest BCUT2D eigenvalue weighted by atomic mass is 9.49. The van der Waals surface area contributed by atoms with Crippen LogP contribution in [0.1, 0.15) is 48.9 Å². The minimum atomic E-state index is -0.199. The molecule has 0 aliphatic heterocycles. The van der Waals surface area contributed by atoms with E-state index in [2.05, 4.69) is 10.6 Å². The minimum Gasteiger partial charge on any atom is -0.354 e. The number of amides is 2. The van der Waals surface area contributed by atoms with E-state index < -0.39 is 0 Å². The summed E-state index contributed by atoms with van der Waals surface area (Å²) in [5, 5.41) is 6.35. The molecule has 0 aromatic heterocycles. The molecule has 4 saturated carbocycles. The van der Waals surface area contributed by atoms with E-state index in [1.54, 1.807) is 24.3 Å². The van der Waals surface area contributed by atoms with Gasteiger partial charge < -0.3 is 10.6 Å². The van der Waals surface area contributed by atoms with Crippen LogP contribution in [0.15, 0.2) is 24.3 Å². The molecule has 1 aromatic rings. The van der Waals surface area contributed by atoms with Gasteiger partial charge in [0.1, 0.15) is 0 Å². The van der Waals surface area contributed by atoms with Crippen LogP contribution in [0.5, 0.6) is 0 Å². The zero-order valence-corrected chi connectivity index (χ0v) is 15.1. The zero-order chi connectivity index (χ0) is 17.4. The highest BCUT2D eigenvalue weighted by Gasteiger charge is 2.54. The van der Waals surface area contributed by atoms with Crippen molar-refractivity contribution in [3.8, 4) is 0 Å². The molecule has 4 fully saturated rings. The molecule has 4 aliphatic carbocycles. The maximum atomic E-state index is 12.8. The van der Waals surface area contributed by atoms with Crippen LogP contribution >= 0.6 is 11.6 Å². The highest BCUT2D eigenvalue weighted by Crippen LogP contribution is 2.60. The van der Waals surface area contributed by atoms with E-state index in [4.69, 9.17) is 11.6 Å². The Bertz CT molecular complexity index is 653. The number of nitrogens with one attached hydrogen (secondary N) is 2. The quantitative estimate of drug-likeness (QED) is 0.790. The van der Waals surface area contributed by atoms with Gasteiger partial charge in [-0.1, -0.05) is 23.7 Å². The van der Waals surface area contributed by atoms with E-state index in [9.17, 15) is 9.59 Å². The molecule has 134 valence electrons. The van der Waals surface area contributed by atoms with E-state index in [0.29, 0.717) is 23.7 Å². The van der Waals surface area contributed by atoms with Gasteiger partial charge >= 0.3 is 0 Å². The van der Waals surface area contributed by atoms with Gasteiger partial charge in [0.2, 0.25) is 5.91 Å². The van der Waals surface area contributed by atoms with Crippen molar-refractivity contribution in [2.24, 2.45) is 23.2 Å². The standard InChI is InChI=1S/C20H25ClN2O2/c21-17-4-2-1-3-16(17)18(24)22-5-6-23-19(25)20-10-13-7-14(11-20)9-15(8-13)12-20/h1-4,13-15H,5-12H2,(H,22,24)(H,23,25). The Morgan fingerprint density at radius 1 is 0.960 bits per heavy atom. The molecular formula is C20H25ClN2O2. The molecule has 4 aliphatic rings. The fourth-order valence-corrected chi connectivity index (χ4v) is 5.89. The second kappa shape index (κ2) is 6.64. The molecule has 25 heavy (non-hydrogen) atoms. The summed E-state index contributed by atoms with van der Waals surface area (Å²) in [6, 6.07) is 6.98. The normalized spacial score (nSPS) is 32.4. The van der Waals surface area contributed by atoms with Crippen LogP contribution in [-0.2, 0) is 4.79 Å². The first-order valence-electron chi connectivity index (χ1n) is 9.37. The molecular weight excluding hydrogens is 336 g/mol. The molecule has 0 heterocycles. The number of carbonyl (C=O) groups excluding carboxylic acids is 2. The third kappa shape index (κ3) is 3.29.